The van der Waals surface area contributed by atoms with E-state index in [1.807, 2.05) is 12.1 Å². The molecule has 0 atom stereocenters. The van der Waals surface area contributed by atoms with Gasteiger partial charge in [-0.05, 0) is 12.1 Å². The van der Waals surface area contributed by atoms with Gasteiger partial charge in [0.15, 0.2) is 0 Å². The van der Waals surface area contributed by atoms with Crippen molar-refractivity contribution in [3.63, 3.8) is 0 Å². The first-order chi connectivity index (χ1) is 11.4. The van der Waals surface area contributed by atoms with Crippen LogP contribution in [-0.4, -0.2) is 40.6 Å². The summed E-state index contributed by atoms with van der Waals surface area (Å²) in [6.07, 6.45) is 4.46. The van der Waals surface area contributed by atoms with E-state index in [1.54, 1.807) is 24.0 Å². The highest BCUT2D eigenvalue weighted by Crippen LogP contribution is 2.39. The predicted octanol–water partition coefficient (Wildman–Crippen LogP) is 2.06. The standard InChI is InChI=1S/C16H18F2N6/c1-10(20-2)13-7-22-24-9-11(3-4-15(13)24)14(23-19)8-21-12-5-16(17,18)6-12/h3-4,7-9,12,20H,1,5-6,19H2,2H3/b21-8?,23-14+. The summed E-state index contributed by atoms with van der Waals surface area (Å²) in [6, 6.07) is 3.32. The molecule has 2 aromatic rings. The number of pyridine rings is 1. The van der Waals surface area contributed by atoms with Crippen molar-refractivity contribution in [2.45, 2.75) is 24.8 Å². The number of hydrogen-bond acceptors (Lipinski definition) is 5. The van der Waals surface area contributed by atoms with Crippen LogP contribution in [0.25, 0.3) is 11.2 Å². The van der Waals surface area contributed by atoms with Crippen molar-refractivity contribution in [3.05, 3.63) is 42.2 Å². The Kier molecular flexibility index (Phi) is 4.04. The lowest BCUT2D eigenvalue weighted by atomic mass is 9.89. The first-order valence-corrected chi connectivity index (χ1v) is 7.47. The molecular weight excluding hydrogens is 314 g/mol. The Morgan fingerprint density at radius 2 is 2.25 bits per heavy atom. The summed E-state index contributed by atoms with van der Waals surface area (Å²) in [5, 5.41) is 11.0. The number of hydrogen-bond donors (Lipinski definition) is 2. The molecule has 0 aromatic carbocycles. The van der Waals surface area contributed by atoms with Gasteiger partial charge in [-0.1, -0.05) is 6.58 Å². The van der Waals surface area contributed by atoms with Crippen LogP contribution in [-0.2, 0) is 0 Å². The van der Waals surface area contributed by atoms with Crippen molar-refractivity contribution >= 4 is 23.1 Å². The zero-order chi connectivity index (χ0) is 17.3. The lowest BCUT2D eigenvalue weighted by Gasteiger charge is -2.31. The molecule has 2 aromatic heterocycles. The Hall–Kier alpha value is -2.77. The fraction of sp³-hybridized carbons (Fsp3) is 0.312. The number of aromatic nitrogens is 2. The van der Waals surface area contributed by atoms with Crippen molar-refractivity contribution in [1.82, 2.24) is 14.9 Å². The minimum Gasteiger partial charge on any atom is -0.388 e. The molecule has 2 heterocycles. The van der Waals surface area contributed by atoms with E-state index in [1.165, 1.54) is 6.21 Å². The largest absolute Gasteiger partial charge is 0.388 e. The number of nitrogens with two attached hydrogens (primary N) is 1. The van der Waals surface area contributed by atoms with Gasteiger partial charge < -0.3 is 11.2 Å². The topological polar surface area (TPSA) is 80.1 Å². The highest BCUT2D eigenvalue weighted by Gasteiger charge is 2.45. The number of nitrogens with one attached hydrogen (secondary N) is 1. The van der Waals surface area contributed by atoms with Crippen LogP contribution < -0.4 is 11.2 Å². The number of fused-ring (bicyclic) bond motifs is 1. The van der Waals surface area contributed by atoms with E-state index < -0.39 is 5.92 Å². The van der Waals surface area contributed by atoms with E-state index in [-0.39, 0.29) is 18.9 Å². The maximum Gasteiger partial charge on any atom is 0.252 e. The van der Waals surface area contributed by atoms with Crippen LogP contribution in [0.5, 0.6) is 0 Å². The molecule has 0 unspecified atom stereocenters. The fourth-order valence-electron chi connectivity index (χ4n) is 2.60. The van der Waals surface area contributed by atoms with Gasteiger partial charge >= 0.3 is 0 Å². The molecular formula is C16H18F2N6. The molecule has 0 amide bonds. The Morgan fingerprint density at radius 3 is 2.88 bits per heavy atom. The molecule has 6 nitrogen and oxygen atoms in total. The summed E-state index contributed by atoms with van der Waals surface area (Å²) in [7, 11) is 1.79. The first kappa shape index (κ1) is 16.1. The Morgan fingerprint density at radius 1 is 1.50 bits per heavy atom. The molecule has 0 spiro atoms. The van der Waals surface area contributed by atoms with Gasteiger partial charge in [-0.2, -0.15) is 10.2 Å². The summed E-state index contributed by atoms with van der Waals surface area (Å²) >= 11 is 0. The predicted molar refractivity (Wildman–Crippen MR) is 90.5 cm³/mol. The third-order valence-corrected chi connectivity index (χ3v) is 4.05. The van der Waals surface area contributed by atoms with E-state index in [9.17, 15) is 8.78 Å². The number of halogens is 2. The molecule has 0 saturated heterocycles. The van der Waals surface area contributed by atoms with Gasteiger partial charge in [-0.15, -0.1) is 0 Å². The molecule has 8 heteroatoms. The molecule has 1 fully saturated rings. The number of hydrazone groups is 1. The van der Waals surface area contributed by atoms with Gasteiger partial charge in [0.1, 0.15) is 5.71 Å². The molecule has 0 radical (unpaired) electrons. The zero-order valence-electron chi connectivity index (χ0n) is 13.2. The first-order valence-electron chi connectivity index (χ1n) is 7.47. The molecule has 1 aliphatic carbocycles. The molecule has 3 rings (SSSR count). The van der Waals surface area contributed by atoms with Gasteiger partial charge in [-0.25, -0.2) is 13.3 Å². The number of nitrogens with zero attached hydrogens (tertiary/aromatic N) is 4. The van der Waals surface area contributed by atoms with Crippen LogP contribution in [0.3, 0.4) is 0 Å². The van der Waals surface area contributed by atoms with Crippen LogP contribution in [0, 0.1) is 0 Å². The van der Waals surface area contributed by atoms with Crippen molar-refractivity contribution in [2.24, 2.45) is 15.9 Å². The van der Waals surface area contributed by atoms with E-state index >= 15 is 0 Å². The Bertz CT molecular complexity index is 828. The highest BCUT2D eigenvalue weighted by atomic mass is 19.3. The summed E-state index contributed by atoms with van der Waals surface area (Å²) in [6.45, 7) is 3.93. The van der Waals surface area contributed by atoms with Crippen LogP contribution in [0.15, 0.2) is 41.2 Å². The fourth-order valence-corrected chi connectivity index (χ4v) is 2.60. The lowest BCUT2D eigenvalue weighted by molar-refractivity contribution is -0.0832. The average Bonchev–Trinajstić information content (AvgIpc) is 2.96. The van der Waals surface area contributed by atoms with Crippen molar-refractivity contribution in [1.29, 1.82) is 0 Å². The molecule has 0 bridgehead atoms. The SMILES string of the molecule is C=C(NC)c1cnn2cc(/C(C=NC3CC(F)(F)C3)=N/N)ccc12. The van der Waals surface area contributed by atoms with Gasteiger partial charge in [0, 0.05) is 49.1 Å². The third-order valence-electron chi connectivity index (χ3n) is 4.05. The van der Waals surface area contributed by atoms with Gasteiger partial charge in [-0.3, -0.25) is 4.99 Å². The molecule has 3 N–H and O–H groups in total. The van der Waals surface area contributed by atoms with Crippen LogP contribution >= 0.6 is 0 Å². The van der Waals surface area contributed by atoms with Gasteiger partial charge in [0.05, 0.1) is 17.8 Å². The second-order valence-corrected chi connectivity index (χ2v) is 5.74. The second kappa shape index (κ2) is 6.03. The smallest absolute Gasteiger partial charge is 0.252 e. The quantitative estimate of drug-likeness (QED) is 0.500. The number of aliphatic imine (C=N–C) groups is 1. The molecule has 0 aliphatic heterocycles. The molecule has 1 aliphatic rings. The monoisotopic (exact) mass is 332 g/mol. The van der Waals surface area contributed by atoms with Crippen LogP contribution in [0.1, 0.15) is 24.0 Å². The van der Waals surface area contributed by atoms with Crippen molar-refractivity contribution in [2.75, 3.05) is 7.05 Å². The highest BCUT2D eigenvalue weighted by molar-refractivity contribution is 6.38. The van der Waals surface area contributed by atoms with Crippen LogP contribution in [0.2, 0.25) is 0 Å². The minimum atomic E-state index is -2.60. The Labute approximate surface area is 137 Å². The number of alkyl halides is 2. The van der Waals surface area contributed by atoms with Crippen molar-refractivity contribution < 1.29 is 8.78 Å². The third kappa shape index (κ3) is 2.99. The van der Waals surface area contributed by atoms with E-state index in [4.69, 9.17) is 5.84 Å². The summed E-state index contributed by atoms with van der Waals surface area (Å²) < 4.78 is 27.4. The lowest BCUT2D eigenvalue weighted by Crippen LogP contribution is -2.38. The van der Waals surface area contributed by atoms with Crippen molar-refractivity contribution in [3.8, 4) is 0 Å². The Balaban J connectivity index is 1.83. The maximum atomic E-state index is 12.8. The summed E-state index contributed by atoms with van der Waals surface area (Å²) in [5.74, 6) is 2.82. The molecule has 126 valence electrons. The second-order valence-electron chi connectivity index (χ2n) is 5.74. The molecule has 1 saturated carbocycles. The minimum absolute atomic E-state index is 0.227. The average molecular weight is 332 g/mol. The normalized spacial score (nSPS) is 18.0. The maximum absolute atomic E-state index is 12.8. The van der Waals surface area contributed by atoms with E-state index in [0.717, 1.165) is 16.8 Å². The van der Waals surface area contributed by atoms with Gasteiger partial charge in [0.2, 0.25) is 0 Å². The summed E-state index contributed by atoms with van der Waals surface area (Å²) in [4.78, 5) is 4.13. The van der Waals surface area contributed by atoms with Crippen LogP contribution in [0.4, 0.5) is 8.78 Å². The van der Waals surface area contributed by atoms with Gasteiger partial charge in [0.25, 0.3) is 5.92 Å². The van der Waals surface area contributed by atoms with E-state index in [2.05, 4.69) is 27.1 Å². The summed E-state index contributed by atoms with van der Waals surface area (Å²) in [5.41, 5.74) is 3.64. The van der Waals surface area contributed by atoms with E-state index in [0.29, 0.717) is 11.3 Å². The molecule has 24 heavy (non-hydrogen) atoms. The number of rotatable bonds is 5. The zero-order valence-corrected chi connectivity index (χ0v) is 13.2.